The monoisotopic (exact) mass is 216 g/mol. The molecular formula is C8H12N2O3S. The molecule has 0 unspecified atom stereocenters. The van der Waals surface area contributed by atoms with Crippen LogP contribution < -0.4 is 15.2 Å². The topological polar surface area (TPSA) is 81.4 Å². The number of nitrogens with two attached hydrogens (primary N) is 1. The number of anilines is 1. The van der Waals surface area contributed by atoms with Crippen molar-refractivity contribution in [3.8, 4) is 5.75 Å². The summed E-state index contributed by atoms with van der Waals surface area (Å²) in [5.74, 6) is 0.569. The molecule has 5 nitrogen and oxygen atoms in total. The molecule has 0 aliphatic heterocycles. The van der Waals surface area contributed by atoms with Crippen LogP contribution in [0.1, 0.15) is 0 Å². The Kier molecular flexibility index (Phi) is 2.97. The van der Waals surface area contributed by atoms with Crippen molar-refractivity contribution < 1.29 is 13.2 Å². The molecule has 0 atom stereocenters. The first-order valence-corrected chi connectivity index (χ1v) is 5.42. The summed E-state index contributed by atoms with van der Waals surface area (Å²) in [6, 6.07) is 4.37. The Morgan fingerprint density at radius 2 is 2.07 bits per heavy atom. The molecule has 0 amide bonds. The highest BCUT2D eigenvalue weighted by Crippen LogP contribution is 2.26. The molecule has 0 heterocycles. The molecule has 0 aliphatic rings. The van der Waals surface area contributed by atoms with Crippen molar-refractivity contribution in [2.45, 2.75) is 4.90 Å². The van der Waals surface area contributed by atoms with E-state index in [1.54, 1.807) is 13.1 Å². The van der Waals surface area contributed by atoms with Crippen LogP contribution in [0.15, 0.2) is 23.1 Å². The highest BCUT2D eigenvalue weighted by Gasteiger charge is 2.10. The van der Waals surface area contributed by atoms with E-state index < -0.39 is 10.0 Å². The third kappa shape index (κ3) is 2.15. The maximum Gasteiger partial charge on any atom is 0.238 e. The van der Waals surface area contributed by atoms with E-state index in [4.69, 9.17) is 9.88 Å². The van der Waals surface area contributed by atoms with Gasteiger partial charge < -0.3 is 10.1 Å². The molecule has 0 fully saturated rings. The lowest BCUT2D eigenvalue weighted by molar-refractivity contribution is 0.416. The van der Waals surface area contributed by atoms with Gasteiger partial charge in [0.15, 0.2) is 0 Å². The fourth-order valence-electron chi connectivity index (χ4n) is 1.06. The zero-order valence-electron chi connectivity index (χ0n) is 7.94. The quantitative estimate of drug-likeness (QED) is 0.765. The molecule has 1 aromatic carbocycles. The molecule has 3 N–H and O–H groups in total. The maximum absolute atomic E-state index is 11.0. The Morgan fingerprint density at radius 3 is 2.50 bits per heavy atom. The zero-order valence-corrected chi connectivity index (χ0v) is 8.76. The van der Waals surface area contributed by atoms with Gasteiger partial charge in [0.2, 0.25) is 10.0 Å². The van der Waals surface area contributed by atoms with Gasteiger partial charge in [0.25, 0.3) is 0 Å². The van der Waals surface area contributed by atoms with Gasteiger partial charge in [-0.05, 0) is 18.2 Å². The molecule has 6 heteroatoms. The van der Waals surface area contributed by atoms with Gasteiger partial charge in [-0.15, -0.1) is 0 Å². The summed E-state index contributed by atoms with van der Waals surface area (Å²) in [4.78, 5) is 0.0580. The van der Waals surface area contributed by atoms with Crippen molar-refractivity contribution >= 4 is 15.7 Å². The minimum atomic E-state index is -3.66. The van der Waals surface area contributed by atoms with E-state index in [9.17, 15) is 8.42 Å². The summed E-state index contributed by atoms with van der Waals surface area (Å²) in [6.45, 7) is 0. The van der Waals surface area contributed by atoms with Crippen LogP contribution in [0.3, 0.4) is 0 Å². The summed E-state index contributed by atoms with van der Waals surface area (Å²) in [6.07, 6.45) is 0. The molecule has 0 bridgehead atoms. The summed E-state index contributed by atoms with van der Waals surface area (Å²) >= 11 is 0. The van der Waals surface area contributed by atoms with Gasteiger partial charge >= 0.3 is 0 Å². The van der Waals surface area contributed by atoms with Crippen molar-refractivity contribution in [2.24, 2.45) is 5.14 Å². The number of benzene rings is 1. The predicted molar refractivity (Wildman–Crippen MR) is 53.9 cm³/mol. The van der Waals surface area contributed by atoms with Crippen molar-refractivity contribution in [3.05, 3.63) is 18.2 Å². The van der Waals surface area contributed by atoms with E-state index in [1.165, 1.54) is 19.2 Å². The molecule has 1 aromatic rings. The fourth-order valence-corrected chi connectivity index (χ4v) is 1.60. The van der Waals surface area contributed by atoms with Crippen molar-refractivity contribution in [3.63, 3.8) is 0 Å². The Morgan fingerprint density at radius 1 is 1.43 bits per heavy atom. The molecule has 0 saturated heterocycles. The van der Waals surface area contributed by atoms with Gasteiger partial charge in [0.05, 0.1) is 17.7 Å². The molecule has 78 valence electrons. The normalized spacial score (nSPS) is 11.1. The summed E-state index contributed by atoms with van der Waals surface area (Å²) in [7, 11) is -0.478. The van der Waals surface area contributed by atoms with Crippen molar-refractivity contribution in [1.29, 1.82) is 0 Å². The molecule has 0 radical (unpaired) electrons. The van der Waals surface area contributed by atoms with Gasteiger partial charge in [-0.25, -0.2) is 13.6 Å². The van der Waals surface area contributed by atoms with E-state index in [-0.39, 0.29) is 4.90 Å². The van der Waals surface area contributed by atoms with E-state index >= 15 is 0 Å². The van der Waals surface area contributed by atoms with Crippen LogP contribution >= 0.6 is 0 Å². The van der Waals surface area contributed by atoms with Crippen LogP contribution in [0.5, 0.6) is 5.75 Å². The van der Waals surface area contributed by atoms with E-state index in [0.717, 1.165) is 0 Å². The average Bonchev–Trinajstić information content (AvgIpc) is 2.15. The largest absolute Gasteiger partial charge is 0.495 e. The number of rotatable bonds is 3. The molecule has 14 heavy (non-hydrogen) atoms. The summed E-state index contributed by atoms with van der Waals surface area (Å²) in [5.41, 5.74) is 0.582. The standard InChI is InChI=1S/C8H12N2O3S/c1-10-7-5-6(14(9,11)12)3-4-8(7)13-2/h3-5,10H,1-2H3,(H2,9,11,12). The molecule has 0 saturated carbocycles. The number of methoxy groups -OCH3 is 1. The van der Waals surface area contributed by atoms with Crippen LogP contribution in [0, 0.1) is 0 Å². The third-order valence-corrected chi connectivity index (χ3v) is 2.68. The molecule has 0 aliphatic carbocycles. The smallest absolute Gasteiger partial charge is 0.238 e. The molecule has 0 aromatic heterocycles. The first-order chi connectivity index (χ1) is 6.49. The van der Waals surface area contributed by atoms with Gasteiger partial charge in [-0.1, -0.05) is 0 Å². The summed E-state index contributed by atoms with van der Waals surface area (Å²) < 4.78 is 27.0. The maximum atomic E-state index is 11.0. The first kappa shape index (κ1) is 10.8. The number of nitrogens with one attached hydrogen (secondary N) is 1. The number of hydrogen-bond acceptors (Lipinski definition) is 4. The zero-order chi connectivity index (χ0) is 10.8. The fraction of sp³-hybridized carbons (Fsp3) is 0.250. The van der Waals surface area contributed by atoms with Crippen LogP contribution in [0.2, 0.25) is 0 Å². The predicted octanol–water partition coefficient (Wildman–Crippen LogP) is 0.384. The number of primary sulfonamides is 1. The lowest BCUT2D eigenvalue weighted by atomic mass is 10.3. The summed E-state index contributed by atoms with van der Waals surface area (Å²) in [5, 5.41) is 7.79. The highest BCUT2D eigenvalue weighted by atomic mass is 32.2. The first-order valence-electron chi connectivity index (χ1n) is 3.87. The number of sulfonamides is 1. The highest BCUT2D eigenvalue weighted by molar-refractivity contribution is 7.89. The van der Waals surface area contributed by atoms with Crippen LogP contribution in [0.25, 0.3) is 0 Å². The Balaban J connectivity index is 3.28. The van der Waals surface area contributed by atoms with Gasteiger partial charge in [-0.3, -0.25) is 0 Å². The average molecular weight is 216 g/mol. The SMILES string of the molecule is CNc1cc(S(N)(=O)=O)ccc1OC. The second kappa shape index (κ2) is 3.85. The van der Waals surface area contributed by atoms with Gasteiger partial charge in [0, 0.05) is 7.05 Å². The lowest BCUT2D eigenvalue weighted by Gasteiger charge is -2.08. The molecule has 1 rings (SSSR count). The van der Waals surface area contributed by atoms with E-state index in [2.05, 4.69) is 5.32 Å². The van der Waals surface area contributed by atoms with Crippen LogP contribution in [0.4, 0.5) is 5.69 Å². The number of hydrogen-bond donors (Lipinski definition) is 2. The Bertz CT molecular complexity index is 428. The Labute approximate surface area is 82.9 Å². The minimum Gasteiger partial charge on any atom is -0.495 e. The van der Waals surface area contributed by atoms with Crippen molar-refractivity contribution in [2.75, 3.05) is 19.5 Å². The third-order valence-electron chi connectivity index (χ3n) is 1.77. The van der Waals surface area contributed by atoms with E-state index in [1.807, 2.05) is 0 Å². The van der Waals surface area contributed by atoms with Gasteiger partial charge in [0.1, 0.15) is 5.75 Å². The molecular weight excluding hydrogens is 204 g/mol. The minimum absolute atomic E-state index is 0.0580. The Hall–Kier alpha value is -1.27. The lowest BCUT2D eigenvalue weighted by Crippen LogP contribution is -2.12. The van der Waals surface area contributed by atoms with Crippen LogP contribution in [-0.4, -0.2) is 22.6 Å². The molecule has 0 spiro atoms. The second-order valence-corrected chi connectivity index (χ2v) is 4.22. The van der Waals surface area contributed by atoms with E-state index in [0.29, 0.717) is 11.4 Å². The van der Waals surface area contributed by atoms with Gasteiger partial charge in [-0.2, -0.15) is 0 Å². The second-order valence-electron chi connectivity index (χ2n) is 2.66. The van der Waals surface area contributed by atoms with Crippen LogP contribution in [-0.2, 0) is 10.0 Å². The number of ether oxygens (including phenoxy) is 1. The van der Waals surface area contributed by atoms with Crippen molar-refractivity contribution in [1.82, 2.24) is 0 Å².